The summed E-state index contributed by atoms with van der Waals surface area (Å²) < 4.78 is 0.507. The maximum Gasteiger partial charge on any atom is 0.255 e. The Bertz CT molecular complexity index is 869. The Kier molecular flexibility index (Phi) is 4.45. The highest BCUT2D eigenvalue weighted by Crippen LogP contribution is 2.45. The number of aromatic nitrogens is 1. The minimum atomic E-state index is -0.0856. The number of carbonyl (C=O) groups is 1. The zero-order chi connectivity index (χ0) is 16.4. The number of carbonyl (C=O) groups excluding carboxylic acids is 1. The zero-order valence-corrected chi connectivity index (χ0v) is 14.6. The fourth-order valence-electron chi connectivity index (χ4n) is 2.77. The van der Waals surface area contributed by atoms with Crippen LogP contribution >= 0.6 is 23.5 Å². The molecule has 0 atom stereocenters. The summed E-state index contributed by atoms with van der Waals surface area (Å²) in [5, 5.41) is 5.02. The van der Waals surface area contributed by atoms with Crippen LogP contribution in [0.15, 0.2) is 60.9 Å². The lowest BCUT2D eigenvalue weighted by Crippen LogP contribution is -2.12. The van der Waals surface area contributed by atoms with Crippen LogP contribution in [-0.4, -0.2) is 22.4 Å². The van der Waals surface area contributed by atoms with Crippen molar-refractivity contribution in [1.29, 1.82) is 0 Å². The monoisotopic (exact) mass is 352 g/mol. The molecule has 1 fully saturated rings. The molecule has 1 aliphatic heterocycles. The molecule has 3 nitrogen and oxygen atoms in total. The number of pyridine rings is 1. The van der Waals surface area contributed by atoms with Gasteiger partial charge in [-0.3, -0.25) is 9.78 Å². The Morgan fingerprint density at radius 3 is 2.62 bits per heavy atom. The van der Waals surface area contributed by atoms with Crippen molar-refractivity contribution in [1.82, 2.24) is 4.98 Å². The van der Waals surface area contributed by atoms with Gasteiger partial charge in [0.15, 0.2) is 0 Å². The Morgan fingerprint density at radius 1 is 1.04 bits per heavy atom. The number of rotatable bonds is 3. The molecule has 2 heterocycles. The normalized spacial score (nSPS) is 14.8. The van der Waals surface area contributed by atoms with Gasteiger partial charge in [-0.15, -0.1) is 23.5 Å². The van der Waals surface area contributed by atoms with Crippen LogP contribution in [0.2, 0.25) is 0 Å². The molecule has 1 N–H and O–H groups in total. The number of hydrogen-bond acceptors (Lipinski definition) is 4. The molecule has 1 aromatic heterocycles. The molecule has 2 aromatic carbocycles. The van der Waals surface area contributed by atoms with Gasteiger partial charge in [0.25, 0.3) is 5.91 Å². The average Bonchev–Trinajstić information content (AvgIpc) is 3.17. The quantitative estimate of drug-likeness (QED) is 0.723. The van der Waals surface area contributed by atoms with E-state index in [0.717, 1.165) is 16.5 Å². The highest BCUT2D eigenvalue weighted by atomic mass is 32.2. The fourth-order valence-corrected chi connectivity index (χ4v) is 5.63. The van der Waals surface area contributed by atoms with E-state index in [0.29, 0.717) is 10.1 Å². The summed E-state index contributed by atoms with van der Waals surface area (Å²) in [5.41, 5.74) is 2.78. The van der Waals surface area contributed by atoms with Crippen molar-refractivity contribution >= 4 is 45.9 Å². The Morgan fingerprint density at radius 2 is 1.83 bits per heavy atom. The number of nitrogens with one attached hydrogen (secondary N) is 1. The molecule has 1 saturated heterocycles. The largest absolute Gasteiger partial charge is 0.321 e. The van der Waals surface area contributed by atoms with Crippen molar-refractivity contribution in [2.45, 2.75) is 4.58 Å². The van der Waals surface area contributed by atoms with Gasteiger partial charge in [-0.25, -0.2) is 0 Å². The van der Waals surface area contributed by atoms with Crippen molar-refractivity contribution < 1.29 is 4.79 Å². The van der Waals surface area contributed by atoms with Gasteiger partial charge in [0.05, 0.1) is 4.58 Å². The lowest BCUT2D eigenvalue weighted by Gasteiger charge is -2.11. The molecule has 0 spiro atoms. The molecule has 24 heavy (non-hydrogen) atoms. The van der Waals surface area contributed by atoms with Crippen LogP contribution in [0.1, 0.15) is 20.5 Å². The molecule has 1 amide bonds. The number of hydrogen-bond donors (Lipinski definition) is 1. The van der Waals surface area contributed by atoms with Crippen LogP contribution < -0.4 is 5.32 Å². The summed E-state index contributed by atoms with van der Waals surface area (Å²) in [6.45, 7) is 0. The minimum Gasteiger partial charge on any atom is -0.321 e. The van der Waals surface area contributed by atoms with Gasteiger partial charge < -0.3 is 5.32 Å². The highest BCUT2D eigenvalue weighted by molar-refractivity contribution is 8.19. The van der Waals surface area contributed by atoms with Crippen molar-refractivity contribution in [3.05, 3.63) is 72.1 Å². The maximum absolute atomic E-state index is 12.6. The molecule has 0 bridgehead atoms. The van der Waals surface area contributed by atoms with E-state index in [2.05, 4.69) is 22.4 Å². The van der Waals surface area contributed by atoms with Gasteiger partial charge in [0, 0.05) is 45.9 Å². The number of benzene rings is 2. The molecular formula is C19H16N2OS2. The van der Waals surface area contributed by atoms with Crippen LogP contribution in [0.4, 0.5) is 5.69 Å². The first-order valence-corrected chi connectivity index (χ1v) is 9.88. The fraction of sp³-hybridized carbons (Fsp3) is 0.158. The Balaban J connectivity index is 1.55. The van der Waals surface area contributed by atoms with Gasteiger partial charge in [-0.2, -0.15) is 0 Å². The van der Waals surface area contributed by atoms with Gasteiger partial charge in [-0.05, 0) is 29.8 Å². The molecule has 3 aromatic rings. The van der Waals surface area contributed by atoms with E-state index in [1.165, 1.54) is 17.1 Å². The average molecular weight is 352 g/mol. The predicted molar refractivity (Wildman–Crippen MR) is 104 cm³/mol. The summed E-state index contributed by atoms with van der Waals surface area (Å²) in [5.74, 6) is 2.32. The van der Waals surface area contributed by atoms with Crippen molar-refractivity contribution in [3.63, 3.8) is 0 Å². The third-order valence-electron chi connectivity index (χ3n) is 4.00. The summed E-state index contributed by atoms with van der Waals surface area (Å²) in [7, 11) is 0. The summed E-state index contributed by atoms with van der Waals surface area (Å²) >= 11 is 3.94. The smallest absolute Gasteiger partial charge is 0.255 e. The van der Waals surface area contributed by atoms with E-state index in [4.69, 9.17) is 0 Å². The van der Waals surface area contributed by atoms with Crippen LogP contribution in [0, 0.1) is 0 Å². The van der Waals surface area contributed by atoms with Crippen molar-refractivity contribution in [2.24, 2.45) is 0 Å². The molecule has 5 heteroatoms. The number of fused-ring (bicyclic) bond motifs is 1. The first kappa shape index (κ1) is 15.5. The van der Waals surface area contributed by atoms with Gasteiger partial charge in [-0.1, -0.05) is 24.3 Å². The zero-order valence-electron chi connectivity index (χ0n) is 12.9. The summed E-state index contributed by atoms with van der Waals surface area (Å²) in [6, 6.07) is 15.7. The minimum absolute atomic E-state index is 0.0856. The summed E-state index contributed by atoms with van der Waals surface area (Å²) in [4.78, 5) is 16.7. The van der Waals surface area contributed by atoms with E-state index < -0.39 is 0 Å². The first-order chi connectivity index (χ1) is 11.8. The van der Waals surface area contributed by atoms with Gasteiger partial charge >= 0.3 is 0 Å². The van der Waals surface area contributed by atoms with E-state index in [1.807, 2.05) is 59.9 Å². The number of nitrogens with zero attached hydrogens (tertiary/aromatic N) is 1. The summed E-state index contributed by atoms with van der Waals surface area (Å²) in [6.07, 6.45) is 3.54. The van der Waals surface area contributed by atoms with Crippen LogP contribution in [0.3, 0.4) is 0 Å². The van der Waals surface area contributed by atoms with E-state index in [-0.39, 0.29) is 5.91 Å². The van der Waals surface area contributed by atoms with E-state index in [1.54, 1.807) is 12.4 Å². The second kappa shape index (κ2) is 6.87. The van der Waals surface area contributed by atoms with E-state index >= 15 is 0 Å². The van der Waals surface area contributed by atoms with Crippen molar-refractivity contribution in [2.75, 3.05) is 16.8 Å². The molecular weight excluding hydrogens is 336 g/mol. The second-order valence-electron chi connectivity index (χ2n) is 5.55. The SMILES string of the molecule is O=C(Nc1cccc2cnccc12)c1ccc(C2SCCS2)cc1. The molecule has 0 unspecified atom stereocenters. The molecule has 0 aliphatic carbocycles. The lowest BCUT2D eigenvalue weighted by molar-refractivity contribution is 0.102. The van der Waals surface area contributed by atoms with Crippen LogP contribution in [0.5, 0.6) is 0 Å². The number of amides is 1. The molecule has 1 aliphatic rings. The molecule has 0 radical (unpaired) electrons. The number of anilines is 1. The molecule has 4 rings (SSSR count). The van der Waals surface area contributed by atoms with Gasteiger partial charge in [0.2, 0.25) is 0 Å². The predicted octanol–water partition coefficient (Wildman–Crippen LogP) is 4.97. The van der Waals surface area contributed by atoms with Crippen LogP contribution in [-0.2, 0) is 0 Å². The first-order valence-electron chi connectivity index (χ1n) is 7.78. The highest BCUT2D eigenvalue weighted by Gasteiger charge is 2.18. The maximum atomic E-state index is 12.6. The van der Waals surface area contributed by atoms with Crippen molar-refractivity contribution in [3.8, 4) is 0 Å². The molecule has 0 saturated carbocycles. The molecule has 120 valence electrons. The standard InChI is InChI=1S/C19H16N2OS2/c22-18(13-4-6-14(7-5-13)19-23-10-11-24-19)21-17-3-1-2-15-12-20-9-8-16(15)17/h1-9,12,19H,10-11H2,(H,21,22). The Labute approximate surface area is 149 Å². The van der Waals surface area contributed by atoms with E-state index in [9.17, 15) is 4.79 Å². The van der Waals surface area contributed by atoms with Crippen LogP contribution in [0.25, 0.3) is 10.8 Å². The Hall–Kier alpha value is -1.98. The second-order valence-corrected chi connectivity index (χ2v) is 8.28. The topological polar surface area (TPSA) is 42.0 Å². The van der Waals surface area contributed by atoms with Gasteiger partial charge in [0.1, 0.15) is 0 Å². The number of thioether (sulfide) groups is 2. The third-order valence-corrected chi connectivity index (χ3v) is 7.10. The lowest BCUT2D eigenvalue weighted by atomic mass is 10.1. The third kappa shape index (κ3) is 3.14.